The van der Waals surface area contributed by atoms with Gasteiger partial charge in [0.1, 0.15) is 11.5 Å². The first-order chi connectivity index (χ1) is 9.35. The average Bonchev–Trinajstić information content (AvgIpc) is 2.46. The van der Waals surface area contributed by atoms with E-state index in [0.29, 0.717) is 0 Å². The van der Waals surface area contributed by atoms with Gasteiger partial charge in [0.25, 0.3) is 0 Å². The summed E-state index contributed by atoms with van der Waals surface area (Å²) in [5.74, 6) is 1.61. The summed E-state index contributed by atoms with van der Waals surface area (Å²) in [6, 6.07) is 5.63. The molecule has 0 fully saturated rings. The molecule has 0 aliphatic rings. The van der Waals surface area contributed by atoms with Gasteiger partial charge in [-0.25, -0.2) is 0 Å². The zero-order valence-electron chi connectivity index (χ0n) is 13.6. The average molecular weight is 280 g/mol. The van der Waals surface area contributed by atoms with Crippen LogP contribution in [0.2, 0.25) is 0 Å². The highest BCUT2D eigenvalue weighted by molar-refractivity contribution is 5.42. The molecular weight excluding hydrogens is 252 g/mol. The third kappa shape index (κ3) is 3.87. The van der Waals surface area contributed by atoms with Crippen molar-refractivity contribution in [2.45, 2.75) is 38.8 Å². The van der Waals surface area contributed by atoms with Crippen molar-refractivity contribution in [3.8, 4) is 11.5 Å². The normalized spacial score (nSPS) is 13.4. The van der Waals surface area contributed by atoms with Crippen molar-refractivity contribution in [1.82, 2.24) is 4.90 Å². The molecule has 2 N–H and O–H groups in total. The summed E-state index contributed by atoms with van der Waals surface area (Å²) in [4.78, 5) is 2.29. The smallest absolute Gasteiger partial charge is 0.123 e. The lowest BCUT2D eigenvalue weighted by molar-refractivity contribution is 0.142. The van der Waals surface area contributed by atoms with Gasteiger partial charge in [-0.15, -0.1) is 0 Å². The zero-order chi connectivity index (χ0) is 15.3. The summed E-state index contributed by atoms with van der Waals surface area (Å²) in [5.41, 5.74) is 7.48. The molecule has 0 heterocycles. The van der Waals surface area contributed by atoms with Gasteiger partial charge in [0.05, 0.1) is 14.2 Å². The van der Waals surface area contributed by atoms with E-state index in [9.17, 15) is 0 Å². The van der Waals surface area contributed by atoms with Crippen LogP contribution in [0, 0.1) is 0 Å². The predicted octanol–water partition coefficient (Wildman–Crippen LogP) is 2.82. The molecule has 1 unspecified atom stereocenters. The fourth-order valence-corrected chi connectivity index (χ4v) is 2.04. The van der Waals surface area contributed by atoms with Gasteiger partial charge in [0, 0.05) is 23.7 Å². The SMILES string of the molecule is CCC(C)(C)N(C)CC(N)c1cc(OC)ccc1OC. The summed E-state index contributed by atoms with van der Waals surface area (Å²) < 4.78 is 10.7. The number of benzene rings is 1. The molecule has 0 saturated heterocycles. The number of hydrogen-bond acceptors (Lipinski definition) is 4. The number of nitrogens with two attached hydrogens (primary N) is 1. The van der Waals surface area contributed by atoms with E-state index < -0.39 is 0 Å². The van der Waals surface area contributed by atoms with Crippen molar-refractivity contribution in [2.24, 2.45) is 5.73 Å². The molecule has 0 aliphatic heterocycles. The van der Waals surface area contributed by atoms with Gasteiger partial charge in [-0.05, 0) is 45.5 Å². The molecule has 0 aromatic heterocycles. The first-order valence-corrected chi connectivity index (χ1v) is 7.04. The third-order valence-corrected chi connectivity index (χ3v) is 4.21. The minimum Gasteiger partial charge on any atom is -0.497 e. The molecular formula is C16H28N2O2. The number of likely N-dealkylation sites (N-methyl/N-ethyl adjacent to an activating group) is 1. The van der Waals surface area contributed by atoms with Crippen LogP contribution in [0.5, 0.6) is 11.5 Å². The second-order valence-electron chi connectivity index (χ2n) is 5.76. The Kier molecular flexibility index (Phi) is 5.84. The first-order valence-electron chi connectivity index (χ1n) is 7.04. The number of rotatable bonds is 7. The minimum absolute atomic E-state index is 0.115. The predicted molar refractivity (Wildman–Crippen MR) is 83.5 cm³/mol. The van der Waals surface area contributed by atoms with Gasteiger partial charge in [-0.3, -0.25) is 4.90 Å². The number of nitrogens with zero attached hydrogens (tertiary/aromatic N) is 1. The quantitative estimate of drug-likeness (QED) is 0.834. The Balaban J connectivity index is 2.93. The molecule has 0 bridgehead atoms. The monoisotopic (exact) mass is 280 g/mol. The summed E-state index contributed by atoms with van der Waals surface area (Å²) in [6.07, 6.45) is 1.07. The summed E-state index contributed by atoms with van der Waals surface area (Å²) in [7, 11) is 5.43. The minimum atomic E-state index is -0.115. The van der Waals surface area contributed by atoms with E-state index in [0.717, 1.165) is 30.0 Å². The Bertz CT molecular complexity index is 432. The Morgan fingerprint density at radius 3 is 2.40 bits per heavy atom. The van der Waals surface area contributed by atoms with Crippen molar-refractivity contribution < 1.29 is 9.47 Å². The standard InChI is InChI=1S/C16H28N2O2/c1-7-16(2,3)18(4)11-14(17)13-10-12(19-5)8-9-15(13)20-6/h8-10,14H,7,11,17H2,1-6H3. The van der Waals surface area contributed by atoms with E-state index in [-0.39, 0.29) is 11.6 Å². The zero-order valence-corrected chi connectivity index (χ0v) is 13.6. The fourth-order valence-electron chi connectivity index (χ4n) is 2.04. The van der Waals surface area contributed by atoms with Crippen LogP contribution in [0.1, 0.15) is 38.8 Å². The van der Waals surface area contributed by atoms with E-state index in [4.69, 9.17) is 15.2 Å². The largest absolute Gasteiger partial charge is 0.497 e. The molecule has 1 rings (SSSR count). The topological polar surface area (TPSA) is 47.7 Å². The number of methoxy groups -OCH3 is 2. The molecule has 4 nitrogen and oxygen atoms in total. The van der Waals surface area contributed by atoms with Crippen molar-refractivity contribution in [2.75, 3.05) is 27.8 Å². The van der Waals surface area contributed by atoms with Crippen LogP contribution < -0.4 is 15.2 Å². The van der Waals surface area contributed by atoms with Crippen LogP contribution >= 0.6 is 0 Å². The molecule has 114 valence electrons. The number of hydrogen-bond donors (Lipinski definition) is 1. The molecule has 0 radical (unpaired) electrons. The van der Waals surface area contributed by atoms with Gasteiger partial charge in [-0.2, -0.15) is 0 Å². The summed E-state index contributed by atoms with van der Waals surface area (Å²) in [5, 5.41) is 0. The molecule has 1 aromatic rings. The summed E-state index contributed by atoms with van der Waals surface area (Å²) >= 11 is 0. The Morgan fingerprint density at radius 2 is 1.90 bits per heavy atom. The van der Waals surface area contributed by atoms with Crippen LogP contribution in [0.3, 0.4) is 0 Å². The maximum Gasteiger partial charge on any atom is 0.123 e. The lowest BCUT2D eigenvalue weighted by Crippen LogP contribution is -2.44. The highest BCUT2D eigenvalue weighted by Gasteiger charge is 2.24. The van der Waals surface area contributed by atoms with Gasteiger partial charge in [-0.1, -0.05) is 6.92 Å². The Morgan fingerprint density at radius 1 is 1.25 bits per heavy atom. The van der Waals surface area contributed by atoms with E-state index in [1.807, 2.05) is 18.2 Å². The molecule has 0 amide bonds. The van der Waals surface area contributed by atoms with E-state index in [2.05, 4.69) is 32.7 Å². The number of ether oxygens (including phenoxy) is 2. The molecule has 1 atom stereocenters. The highest BCUT2D eigenvalue weighted by atomic mass is 16.5. The van der Waals surface area contributed by atoms with Crippen LogP contribution in [0.25, 0.3) is 0 Å². The lowest BCUT2D eigenvalue weighted by Gasteiger charge is -2.36. The molecule has 20 heavy (non-hydrogen) atoms. The fraction of sp³-hybridized carbons (Fsp3) is 0.625. The van der Waals surface area contributed by atoms with Crippen molar-refractivity contribution in [3.05, 3.63) is 23.8 Å². The molecule has 0 spiro atoms. The van der Waals surface area contributed by atoms with Gasteiger partial charge in [0.15, 0.2) is 0 Å². The van der Waals surface area contributed by atoms with Gasteiger partial charge < -0.3 is 15.2 Å². The highest BCUT2D eigenvalue weighted by Crippen LogP contribution is 2.29. The van der Waals surface area contributed by atoms with Crippen LogP contribution in [0.15, 0.2) is 18.2 Å². The molecule has 0 aliphatic carbocycles. The first kappa shape index (κ1) is 16.8. The molecule has 1 aromatic carbocycles. The Labute approximate surface area is 122 Å². The van der Waals surface area contributed by atoms with Crippen molar-refractivity contribution in [3.63, 3.8) is 0 Å². The van der Waals surface area contributed by atoms with Gasteiger partial charge >= 0.3 is 0 Å². The van der Waals surface area contributed by atoms with Crippen molar-refractivity contribution in [1.29, 1.82) is 0 Å². The van der Waals surface area contributed by atoms with Crippen molar-refractivity contribution >= 4 is 0 Å². The van der Waals surface area contributed by atoms with Crippen LogP contribution in [-0.4, -0.2) is 38.3 Å². The Hall–Kier alpha value is -1.26. The molecule has 4 heteroatoms. The molecule has 0 saturated carbocycles. The van der Waals surface area contributed by atoms with E-state index in [1.54, 1.807) is 14.2 Å². The van der Waals surface area contributed by atoms with Crippen LogP contribution in [0.4, 0.5) is 0 Å². The van der Waals surface area contributed by atoms with E-state index >= 15 is 0 Å². The van der Waals surface area contributed by atoms with E-state index in [1.165, 1.54) is 0 Å². The van der Waals surface area contributed by atoms with Crippen LogP contribution in [-0.2, 0) is 0 Å². The third-order valence-electron chi connectivity index (χ3n) is 4.21. The second kappa shape index (κ2) is 6.95. The maximum atomic E-state index is 6.37. The maximum absolute atomic E-state index is 6.37. The summed E-state index contributed by atoms with van der Waals surface area (Å²) in [6.45, 7) is 7.41. The lowest BCUT2D eigenvalue weighted by atomic mass is 9.97. The van der Waals surface area contributed by atoms with Gasteiger partial charge in [0.2, 0.25) is 0 Å². The second-order valence-corrected chi connectivity index (χ2v) is 5.76.